The summed E-state index contributed by atoms with van der Waals surface area (Å²) in [5.74, 6) is 0.387. The van der Waals surface area contributed by atoms with Crippen LogP contribution in [0.15, 0.2) is 22.7 Å². The van der Waals surface area contributed by atoms with Crippen molar-refractivity contribution < 1.29 is 4.79 Å². The zero-order valence-electron chi connectivity index (χ0n) is 11.5. The first-order valence-electron chi connectivity index (χ1n) is 7.24. The molecule has 0 heterocycles. The number of benzene rings is 1. The summed E-state index contributed by atoms with van der Waals surface area (Å²) in [5, 5.41) is 3.06. The number of aryl methyl sites for hydroxylation is 1. The van der Waals surface area contributed by atoms with E-state index in [1.807, 2.05) is 25.1 Å². The Morgan fingerprint density at radius 2 is 1.79 bits per heavy atom. The molecule has 3 heteroatoms. The molecule has 2 rings (SSSR count). The Hall–Kier alpha value is -0.830. The fourth-order valence-electron chi connectivity index (χ4n) is 2.63. The van der Waals surface area contributed by atoms with Crippen molar-refractivity contribution in [3.8, 4) is 0 Å². The van der Waals surface area contributed by atoms with Crippen LogP contribution in [0.25, 0.3) is 0 Å². The molecule has 1 fully saturated rings. The minimum absolute atomic E-state index is 0.192. The van der Waals surface area contributed by atoms with E-state index in [0.717, 1.165) is 23.0 Å². The molecule has 1 saturated carbocycles. The minimum atomic E-state index is 0.192. The molecule has 0 unspecified atom stereocenters. The standard InChI is InChI=1S/C16H22BrNO/c1-12-9-10-14(11-15(12)17)18-16(19)13-7-5-3-2-4-6-8-13/h9-11,13H,2-8H2,1H3,(H,18,19). The minimum Gasteiger partial charge on any atom is -0.326 e. The number of amides is 1. The second kappa shape index (κ2) is 7.09. The number of carbonyl (C=O) groups is 1. The van der Waals surface area contributed by atoms with Crippen LogP contribution < -0.4 is 5.32 Å². The summed E-state index contributed by atoms with van der Waals surface area (Å²) in [7, 11) is 0. The molecule has 1 N–H and O–H groups in total. The highest BCUT2D eigenvalue weighted by atomic mass is 79.9. The second-order valence-corrected chi connectivity index (χ2v) is 6.35. The molecule has 19 heavy (non-hydrogen) atoms. The number of halogens is 1. The van der Waals surface area contributed by atoms with Crippen LogP contribution in [-0.2, 0) is 4.79 Å². The normalized spacial score (nSPS) is 17.6. The van der Waals surface area contributed by atoms with E-state index in [2.05, 4.69) is 21.2 Å². The molecule has 0 aliphatic heterocycles. The van der Waals surface area contributed by atoms with Crippen LogP contribution in [0.1, 0.15) is 50.5 Å². The van der Waals surface area contributed by atoms with E-state index in [-0.39, 0.29) is 11.8 Å². The van der Waals surface area contributed by atoms with Crippen LogP contribution in [-0.4, -0.2) is 5.91 Å². The van der Waals surface area contributed by atoms with Crippen molar-refractivity contribution >= 4 is 27.5 Å². The molecule has 2 nitrogen and oxygen atoms in total. The van der Waals surface area contributed by atoms with Crippen molar-refractivity contribution in [1.82, 2.24) is 0 Å². The number of nitrogens with one attached hydrogen (secondary N) is 1. The van der Waals surface area contributed by atoms with Gasteiger partial charge in [0, 0.05) is 16.1 Å². The molecule has 0 aromatic heterocycles. The van der Waals surface area contributed by atoms with Crippen LogP contribution in [0.3, 0.4) is 0 Å². The first-order chi connectivity index (χ1) is 9.16. The molecule has 1 aromatic carbocycles. The van der Waals surface area contributed by atoms with Gasteiger partial charge in [-0.25, -0.2) is 0 Å². The Labute approximate surface area is 124 Å². The van der Waals surface area contributed by atoms with E-state index in [9.17, 15) is 4.79 Å². The van der Waals surface area contributed by atoms with Crippen molar-refractivity contribution in [2.75, 3.05) is 5.32 Å². The quantitative estimate of drug-likeness (QED) is 0.810. The summed E-state index contributed by atoms with van der Waals surface area (Å²) in [6, 6.07) is 5.98. The number of anilines is 1. The van der Waals surface area contributed by atoms with E-state index in [4.69, 9.17) is 0 Å². The Morgan fingerprint density at radius 1 is 1.16 bits per heavy atom. The highest BCUT2D eigenvalue weighted by Crippen LogP contribution is 2.25. The molecular weight excluding hydrogens is 302 g/mol. The van der Waals surface area contributed by atoms with Gasteiger partial charge in [-0.1, -0.05) is 54.1 Å². The largest absolute Gasteiger partial charge is 0.326 e. The molecule has 1 amide bonds. The van der Waals surface area contributed by atoms with Gasteiger partial charge in [0.1, 0.15) is 0 Å². The van der Waals surface area contributed by atoms with Gasteiger partial charge in [-0.15, -0.1) is 0 Å². The molecule has 104 valence electrons. The predicted molar refractivity (Wildman–Crippen MR) is 83.3 cm³/mol. The summed E-state index contributed by atoms with van der Waals surface area (Å²) in [5.41, 5.74) is 2.08. The third-order valence-electron chi connectivity index (χ3n) is 3.92. The van der Waals surface area contributed by atoms with Gasteiger partial charge in [0.15, 0.2) is 0 Å². The molecule has 1 aliphatic rings. The van der Waals surface area contributed by atoms with Gasteiger partial charge in [0.2, 0.25) is 5.91 Å². The lowest BCUT2D eigenvalue weighted by Gasteiger charge is -2.19. The van der Waals surface area contributed by atoms with Gasteiger partial charge < -0.3 is 5.32 Å². The van der Waals surface area contributed by atoms with Crippen molar-refractivity contribution in [2.24, 2.45) is 5.92 Å². The summed E-state index contributed by atoms with van der Waals surface area (Å²) in [6.45, 7) is 2.05. The third kappa shape index (κ3) is 4.34. The molecule has 0 saturated heterocycles. The predicted octanol–water partition coefficient (Wildman–Crippen LogP) is 5.06. The fraction of sp³-hybridized carbons (Fsp3) is 0.562. The van der Waals surface area contributed by atoms with Crippen LogP contribution in [0.2, 0.25) is 0 Å². The van der Waals surface area contributed by atoms with Gasteiger partial charge in [0.05, 0.1) is 0 Å². The van der Waals surface area contributed by atoms with Crippen LogP contribution in [0.4, 0.5) is 5.69 Å². The Bertz CT molecular complexity index is 436. The average Bonchev–Trinajstić information content (AvgIpc) is 2.33. The summed E-state index contributed by atoms with van der Waals surface area (Å²) >= 11 is 3.50. The van der Waals surface area contributed by atoms with E-state index < -0.39 is 0 Å². The van der Waals surface area contributed by atoms with Gasteiger partial charge >= 0.3 is 0 Å². The van der Waals surface area contributed by atoms with Crippen molar-refractivity contribution in [2.45, 2.75) is 51.9 Å². The summed E-state index contributed by atoms with van der Waals surface area (Å²) in [4.78, 5) is 12.3. The third-order valence-corrected chi connectivity index (χ3v) is 4.77. The first-order valence-corrected chi connectivity index (χ1v) is 8.03. The summed E-state index contributed by atoms with van der Waals surface area (Å²) in [6.07, 6.45) is 8.35. The number of carbonyl (C=O) groups excluding carboxylic acids is 1. The van der Waals surface area contributed by atoms with E-state index >= 15 is 0 Å². The van der Waals surface area contributed by atoms with Crippen molar-refractivity contribution in [3.05, 3.63) is 28.2 Å². The smallest absolute Gasteiger partial charge is 0.227 e. The van der Waals surface area contributed by atoms with Crippen molar-refractivity contribution in [3.63, 3.8) is 0 Å². The summed E-state index contributed by atoms with van der Waals surface area (Å²) < 4.78 is 1.04. The molecule has 0 spiro atoms. The molecular formula is C16H22BrNO. The van der Waals surface area contributed by atoms with Gasteiger partial charge in [-0.3, -0.25) is 4.79 Å². The molecule has 0 atom stereocenters. The maximum atomic E-state index is 12.3. The maximum Gasteiger partial charge on any atom is 0.227 e. The van der Waals surface area contributed by atoms with E-state index in [1.54, 1.807) is 0 Å². The molecule has 1 aromatic rings. The van der Waals surface area contributed by atoms with Gasteiger partial charge in [-0.05, 0) is 37.5 Å². The SMILES string of the molecule is Cc1ccc(NC(=O)C2CCCCCCC2)cc1Br. The Morgan fingerprint density at radius 3 is 2.42 bits per heavy atom. The molecule has 1 aliphatic carbocycles. The van der Waals surface area contributed by atoms with Gasteiger partial charge in [0.25, 0.3) is 0 Å². The number of hydrogen-bond acceptors (Lipinski definition) is 1. The maximum absolute atomic E-state index is 12.3. The zero-order valence-corrected chi connectivity index (χ0v) is 13.1. The lowest BCUT2D eigenvalue weighted by molar-refractivity contribution is -0.120. The Kier molecular flexibility index (Phi) is 5.44. The van der Waals surface area contributed by atoms with Crippen LogP contribution in [0, 0.1) is 12.8 Å². The van der Waals surface area contributed by atoms with E-state index in [0.29, 0.717) is 0 Å². The second-order valence-electron chi connectivity index (χ2n) is 5.50. The topological polar surface area (TPSA) is 29.1 Å². The van der Waals surface area contributed by atoms with Crippen LogP contribution >= 0.6 is 15.9 Å². The van der Waals surface area contributed by atoms with Crippen LogP contribution in [0.5, 0.6) is 0 Å². The average molecular weight is 324 g/mol. The van der Waals surface area contributed by atoms with Crippen molar-refractivity contribution in [1.29, 1.82) is 0 Å². The number of rotatable bonds is 2. The van der Waals surface area contributed by atoms with Gasteiger partial charge in [-0.2, -0.15) is 0 Å². The lowest BCUT2D eigenvalue weighted by atomic mass is 9.90. The lowest BCUT2D eigenvalue weighted by Crippen LogP contribution is -2.23. The molecule has 0 bridgehead atoms. The highest BCUT2D eigenvalue weighted by molar-refractivity contribution is 9.10. The first kappa shape index (κ1) is 14.6. The zero-order chi connectivity index (χ0) is 13.7. The number of hydrogen-bond donors (Lipinski definition) is 1. The monoisotopic (exact) mass is 323 g/mol. The highest BCUT2D eigenvalue weighted by Gasteiger charge is 2.19. The fourth-order valence-corrected chi connectivity index (χ4v) is 3.01. The Balaban J connectivity index is 1.96. The molecule has 0 radical (unpaired) electrons. The van der Waals surface area contributed by atoms with E-state index in [1.165, 1.54) is 37.7 Å².